The minimum atomic E-state index is 0.0885. The fourth-order valence-electron chi connectivity index (χ4n) is 4.08. The molecule has 2 saturated heterocycles. The molecule has 4 nitrogen and oxygen atoms in total. The molecule has 0 atom stereocenters. The van der Waals surface area contributed by atoms with Crippen LogP contribution in [-0.2, 0) is 0 Å². The fraction of sp³-hybridized carbons (Fsp3) is 0.474. The minimum Gasteiger partial charge on any atom is -0.337 e. The van der Waals surface area contributed by atoms with Gasteiger partial charge in [-0.2, -0.15) is 0 Å². The first-order valence-electron chi connectivity index (χ1n) is 8.61. The third kappa shape index (κ3) is 2.72. The number of benzene rings is 1. The zero-order chi connectivity index (χ0) is 15.7. The number of aromatic nitrogens is 1. The number of nitrogens with zero attached hydrogens (tertiary/aromatic N) is 2. The van der Waals surface area contributed by atoms with E-state index < -0.39 is 0 Å². The van der Waals surface area contributed by atoms with Crippen molar-refractivity contribution in [2.24, 2.45) is 5.41 Å². The van der Waals surface area contributed by atoms with Gasteiger partial charge in [-0.15, -0.1) is 0 Å². The van der Waals surface area contributed by atoms with Gasteiger partial charge in [0, 0.05) is 24.7 Å². The van der Waals surface area contributed by atoms with Crippen LogP contribution in [0.3, 0.4) is 0 Å². The largest absolute Gasteiger partial charge is 0.337 e. The summed E-state index contributed by atoms with van der Waals surface area (Å²) in [4.78, 5) is 19.3. The second kappa shape index (κ2) is 5.93. The monoisotopic (exact) mass is 309 g/mol. The summed E-state index contributed by atoms with van der Waals surface area (Å²) in [6.07, 6.45) is 6.51. The van der Waals surface area contributed by atoms with E-state index in [1.54, 1.807) is 6.20 Å². The maximum absolute atomic E-state index is 12.9. The van der Waals surface area contributed by atoms with Gasteiger partial charge in [0.15, 0.2) is 0 Å². The number of amides is 1. The van der Waals surface area contributed by atoms with E-state index in [-0.39, 0.29) is 5.91 Å². The highest BCUT2D eigenvalue weighted by atomic mass is 16.2. The van der Waals surface area contributed by atoms with E-state index in [2.05, 4.69) is 10.3 Å². The quantitative estimate of drug-likeness (QED) is 0.881. The van der Waals surface area contributed by atoms with E-state index in [1.165, 1.54) is 12.8 Å². The van der Waals surface area contributed by atoms with Crippen molar-refractivity contribution in [3.8, 4) is 0 Å². The highest BCUT2D eigenvalue weighted by molar-refractivity contribution is 6.05. The minimum absolute atomic E-state index is 0.0885. The molecular formula is C19H23N3O. The molecule has 23 heavy (non-hydrogen) atoms. The molecule has 4 rings (SSSR count). The van der Waals surface area contributed by atoms with Crippen molar-refractivity contribution in [3.63, 3.8) is 0 Å². The van der Waals surface area contributed by atoms with Gasteiger partial charge in [-0.25, -0.2) is 0 Å². The number of carbonyl (C=O) groups is 1. The molecule has 0 saturated carbocycles. The van der Waals surface area contributed by atoms with Crippen molar-refractivity contribution in [1.82, 2.24) is 15.2 Å². The molecule has 2 aliphatic heterocycles. The Morgan fingerprint density at radius 3 is 2.57 bits per heavy atom. The van der Waals surface area contributed by atoms with E-state index in [0.717, 1.165) is 49.8 Å². The molecule has 3 heterocycles. The van der Waals surface area contributed by atoms with Crippen LogP contribution in [0.1, 0.15) is 36.2 Å². The van der Waals surface area contributed by atoms with Crippen LogP contribution in [-0.4, -0.2) is 42.0 Å². The number of fused-ring (bicyclic) bond motifs is 1. The van der Waals surface area contributed by atoms with Crippen molar-refractivity contribution < 1.29 is 4.79 Å². The van der Waals surface area contributed by atoms with Crippen molar-refractivity contribution in [2.45, 2.75) is 25.7 Å². The van der Waals surface area contributed by atoms with Crippen LogP contribution in [0.4, 0.5) is 0 Å². The molecule has 1 amide bonds. The maximum atomic E-state index is 12.9. The lowest BCUT2D eigenvalue weighted by Gasteiger charge is -2.44. The number of rotatable bonds is 1. The Hall–Kier alpha value is -1.94. The number of carbonyl (C=O) groups excluding carboxylic acids is 1. The molecule has 0 bridgehead atoms. The average molecular weight is 309 g/mol. The van der Waals surface area contributed by atoms with Crippen LogP contribution < -0.4 is 5.32 Å². The van der Waals surface area contributed by atoms with Crippen LogP contribution in [0, 0.1) is 5.41 Å². The molecule has 2 aliphatic rings. The number of likely N-dealkylation sites (tertiary alicyclic amines) is 1. The van der Waals surface area contributed by atoms with E-state index in [1.807, 2.05) is 35.2 Å². The van der Waals surface area contributed by atoms with Crippen LogP contribution >= 0.6 is 0 Å². The van der Waals surface area contributed by atoms with Gasteiger partial charge >= 0.3 is 0 Å². The van der Waals surface area contributed by atoms with Crippen LogP contribution in [0.15, 0.2) is 36.5 Å². The molecule has 4 heteroatoms. The topological polar surface area (TPSA) is 45.2 Å². The standard InChI is InChI=1S/C19H23N3O/c23-18(17-16-4-2-1-3-15(16)5-10-21-17)22-13-8-19(9-14-22)6-11-20-12-7-19/h1-5,10,20H,6-9,11-14H2. The summed E-state index contributed by atoms with van der Waals surface area (Å²) in [6.45, 7) is 3.98. The number of hydrogen-bond acceptors (Lipinski definition) is 3. The average Bonchev–Trinajstić information content (AvgIpc) is 2.62. The van der Waals surface area contributed by atoms with Crippen LogP contribution in [0.2, 0.25) is 0 Å². The molecule has 0 aliphatic carbocycles. The Balaban J connectivity index is 1.53. The fourth-order valence-corrected chi connectivity index (χ4v) is 4.08. The van der Waals surface area contributed by atoms with Gasteiger partial charge in [-0.05, 0) is 55.6 Å². The van der Waals surface area contributed by atoms with Crippen molar-refractivity contribution >= 4 is 16.7 Å². The first-order chi connectivity index (χ1) is 11.3. The predicted molar refractivity (Wildman–Crippen MR) is 91.4 cm³/mol. The zero-order valence-corrected chi connectivity index (χ0v) is 13.4. The highest BCUT2D eigenvalue weighted by Gasteiger charge is 2.37. The third-order valence-corrected chi connectivity index (χ3v) is 5.65. The second-order valence-electron chi connectivity index (χ2n) is 6.92. The van der Waals surface area contributed by atoms with Crippen molar-refractivity contribution in [2.75, 3.05) is 26.2 Å². The smallest absolute Gasteiger partial charge is 0.273 e. The molecule has 0 unspecified atom stereocenters. The molecule has 1 aromatic heterocycles. The Labute approximate surface area is 136 Å². The summed E-state index contributed by atoms with van der Waals surface area (Å²) >= 11 is 0. The van der Waals surface area contributed by atoms with Crippen molar-refractivity contribution in [3.05, 3.63) is 42.2 Å². The number of hydrogen-bond donors (Lipinski definition) is 1. The SMILES string of the molecule is O=C(c1nccc2ccccc12)N1CCC2(CCNCC2)CC1. The van der Waals surface area contributed by atoms with Gasteiger partial charge < -0.3 is 10.2 Å². The van der Waals surface area contributed by atoms with Gasteiger partial charge in [0.05, 0.1) is 0 Å². The van der Waals surface area contributed by atoms with Gasteiger partial charge in [0.25, 0.3) is 5.91 Å². The molecule has 2 fully saturated rings. The first-order valence-corrected chi connectivity index (χ1v) is 8.61. The van der Waals surface area contributed by atoms with Crippen LogP contribution in [0.5, 0.6) is 0 Å². The summed E-state index contributed by atoms with van der Waals surface area (Å²) < 4.78 is 0. The number of piperidine rings is 2. The molecule has 1 N–H and O–H groups in total. The Morgan fingerprint density at radius 1 is 1.04 bits per heavy atom. The Kier molecular flexibility index (Phi) is 3.77. The highest BCUT2D eigenvalue weighted by Crippen LogP contribution is 2.39. The second-order valence-corrected chi connectivity index (χ2v) is 6.92. The van der Waals surface area contributed by atoms with Crippen molar-refractivity contribution in [1.29, 1.82) is 0 Å². The van der Waals surface area contributed by atoms with Gasteiger partial charge in [-0.1, -0.05) is 24.3 Å². The molecular weight excluding hydrogens is 286 g/mol. The number of pyridine rings is 1. The van der Waals surface area contributed by atoms with E-state index >= 15 is 0 Å². The van der Waals surface area contributed by atoms with Gasteiger partial charge in [0.1, 0.15) is 5.69 Å². The van der Waals surface area contributed by atoms with Gasteiger partial charge in [0.2, 0.25) is 0 Å². The van der Waals surface area contributed by atoms with Gasteiger partial charge in [-0.3, -0.25) is 9.78 Å². The summed E-state index contributed by atoms with van der Waals surface area (Å²) in [5.74, 6) is 0.0885. The summed E-state index contributed by atoms with van der Waals surface area (Å²) in [6, 6.07) is 9.97. The van der Waals surface area contributed by atoms with E-state index in [9.17, 15) is 4.79 Å². The van der Waals surface area contributed by atoms with E-state index in [0.29, 0.717) is 11.1 Å². The first kappa shape index (κ1) is 14.6. The van der Waals surface area contributed by atoms with E-state index in [4.69, 9.17) is 0 Å². The molecule has 120 valence electrons. The number of nitrogens with one attached hydrogen (secondary N) is 1. The Morgan fingerprint density at radius 2 is 1.78 bits per heavy atom. The molecule has 0 radical (unpaired) electrons. The summed E-state index contributed by atoms with van der Waals surface area (Å²) in [7, 11) is 0. The Bertz CT molecular complexity index is 706. The third-order valence-electron chi connectivity index (χ3n) is 5.65. The van der Waals surface area contributed by atoms with Crippen LogP contribution in [0.25, 0.3) is 10.8 Å². The molecule has 2 aromatic rings. The lowest BCUT2D eigenvalue weighted by Crippen LogP contribution is -2.47. The summed E-state index contributed by atoms with van der Waals surface area (Å²) in [5.41, 5.74) is 1.07. The summed E-state index contributed by atoms with van der Waals surface area (Å²) in [5, 5.41) is 5.49. The lowest BCUT2D eigenvalue weighted by molar-refractivity contribution is 0.0492. The maximum Gasteiger partial charge on any atom is 0.273 e. The molecule has 1 aromatic carbocycles. The predicted octanol–water partition coefficient (Wildman–Crippen LogP) is 2.84. The zero-order valence-electron chi connectivity index (χ0n) is 13.4. The normalized spacial score (nSPS) is 20.8. The molecule has 1 spiro atoms. The lowest BCUT2D eigenvalue weighted by atomic mass is 9.71.